The summed E-state index contributed by atoms with van der Waals surface area (Å²) < 4.78 is 44.1. The molecule has 90 valence electrons. The highest BCUT2D eigenvalue weighted by Crippen LogP contribution is 2.16. The smallest absolute Gasteiger partial charge is 0.411 e. The Hall–Kier alpha value is -0.820. The van der Waals surface area contributed by atoms with E-state index in [1.165, 1.54) is 14.0 Å². The minimum atomic E-state index is -4.40. The van der Waals surface area contributed by atoms with E-state index in [1.807, 2.05) is 0 Å². The fraction of sp³-hybridized carbons (Fsp3) is 0.875. The van der Waals surface area contributed by atoms with Gasteiger partial charge in [0.25, 0.3) is 0 Å². The predicted octanol–water partition coefficient (Wildman–Crippen LogP) is 0.716. The first kappa shape index (κ1) is 14.2. The molecule has 0 aliphatic heterocycles. The van der Waals surface area contributed by atoms with Gasteiger partial charge in [-0.15, -0.1) is 0 Å². The Bertz CT molecular complexity index is 220. The Morgan fingerprint density at radius 2 is 1.87 bits per heavy atom. The maximum Gasteiger partial charge on any atom is 0.411 e. The molecule has 0 bridgehead atoms. The van der Waals surface area contributed by atoms with E-state index in [0.717, 1.165) is 7.11 Å². The second-order valence-electron chi connectivity index (χ2n) is 3.18. The number of carbonyl (C=O) groups is 1. The molecule has 0 saturated carbocycles. The van der Waals surface area contributed by atoms with Crippen LogP contribution in [-0.4, -0.2) is 45.1 Å². The number of alkyl halides is 3. The molecule has 0 rings (SSSR count). The van der Waals surface area contributed by atoms with Crippen molar-refractivity contribution in [3.63, 3.8) is 0 Å². The van der Waals surface area contributed by atoms with Crippen molar-refractivity contribution in [1.29, 1.82) is 0 Å². The van der Waals surface area contributed by atoms with Gasteiger partial charge in [0.05, 0.1) is 13.7 Å². The monoisotopic (exact) mass is 229 g/mol. The van der Waals surface area contributed by atoms with Crippen LogP contribution < -0.4 is 5.32 Å². The number of nitrogens with one attached hydrogen (secondary N) is 1. The maximum atomic E-state index is 11.8. The largest absolute Gasteiger partial charge is 0.468 e. The van der Waals surface area contributed by atoms with Crippen LogP contribution in [0.25, 0.3) is 0 Å². The van der Waals surface area contributed by atoms with Crippen LogP contribution >= 0.6 is 0 Å². The van der Waals surface area contributed by atoms with E-state index in [0.29, 0.717) is 0 Å². The van der Waals surface area contributed by atoms with Crippen molar-refractivity contribution >= 4 is 5.97 Å². The van der Waals surface area contributed by atoms with E-state index in [2.05, 4.69) is 14.8 Å². The quantitative estimate of drug-likeness (QED) is 0.705. The van der Waals surface area contributed by atoms with Crippen molar-refractivity contribution in [2.45, 2.75) is 18.6 Å². The molecule has 0 aromatic rings. The number of hydrogen-bond donors (Lipinski definition) is 1. The average molecular weight is 229 g/mol. The molecule has 0 saturated heterocycles. The highest BCUT2D eigenvalue weighted by atomic mass is 19.4. The van der Waals surface area contributed by atoms with Crippen LogP contribution in [0.4, 0.5) is 13.2 Å². The average Bonchev–Trinajstić information content (AvgIpc) is 2.14. The van der Waals surface area contributed by atoms with Gasteiger partial charge in [0.1, 0.15) is 12.1 Å². The number of methoxy groups -OCH3 is 1. The lowest BCUT2D eigenvalue weighted by atomic mass is 10.1. The first-order valence-electron chi connectivity index (χ1n) is 4.17. The predicted molar refractivity (Wildman–Crippen MR) is 46.4 cm³/mol. The molecule has 0 aliphatic rings. The minimum absolute atomic E-state index is 0.407. The third-order valence-electron chi connectivity index (χ3n) is 1.84. The van der Waals surface area contributed by atoms with Gasteiger partial charge in [0, 0.05) is 0 Å². The number of hydrogen-bond acceptors (Lipinski definition) is 4. The molecule has 7 heteroatoms. The first-order chi connectivity index (χ1) is 6.75. The summed E-state index contributed by atoms with van der Waals surface area (Å²) in [5, 5.41) is 2.55. The van der Waals surface area contributed by atoms with Crippen LogP contribution in [0.15, 0.2) is 0 Å². The lowest BCUT2D eigenvalue weighted by Crippen LogP contribution is -2.52. The lowest BCUT2D eigenvalue weighted by Gasteiger charge is -2.25. The van der Waals surface area contributed by atoms with E-state index < -0.39 is 30.9 Å². The van der Waals surface area contributed by atoms with Gasteiger partial charge in [0.15, 0.2) is 0 Å². The zero-order chi connectivity index (χ0) is 12.1. The molecule has 0 amide bonds. The molecule has 1 N–H and O–H groups in total. The Labute approximate surface area is 85.7 Å². The van der Waals surface area contributed by atoms with Gasteiger partial charge in [-0.05, 0) is 14.0 Å². The van der Waals surface area contributed by atoms with Crippen LogP contribution in [0.1, 0.15) is 6.92 Å². The molecule has 0 aromatic carbocycles. The van der Waals surface area contributed by atoms with E-state index >= 15 is 0 Å². The first-order valence-corrected chi connectivity index (χ1v) is 4.17. The van der Waals surface area contributed by atoms with Crippen LogP contribution in [0.3, 0.4) is 0 Å². The van der Waals surface area contributed by atoms with Crippen molar-refractivity contribution < 1.29 is 27.4 Å². The van der Waals surface area contributed by atoms with E-state index in [-0.39, 0.29) is 0 Å². The molecule has 0 spiro atoms. The van der Waals surface area contributed by atoms with Gasteiger partial charge in [0.2, 0.25) is 0 Å². The standard InChI is InChI=1S/C8H14F3NO3/c1-7(12-2,6(13)14-3)4-15-5-8(9,10)11/h12H,4-5H2,1-3H3. The van der Waals surface area contributed by atoms with Crippen LogP contribution in [0.5, 0.6) is 0 Å². The Balaban J connectivity index is 4.16. The Morgan fingerprint density at radius 3 is 2.20 bits per heavy atom. The molecule has 15 heavy (non-hydrogen) atoms. The molecule has 4 nitrogen and oxygen atoms in total. The second kappa shape index (κ2) is 5.32. The Kier molecular flexibility index (Phi) is 5.02. The summed E-state index contributed by atoms with van der Waals surface area (Å²) >= 11 is 0. The van der Waals surface area contributed by atoms with E-state index in [9.17, 15) is 18.0 Å². The van der Waals surface area contributed by atoms with Gasteiger partial charge in [-0.3, -0.25) is 0 Å². The minimum Gasteiger partial charge on any atom is -0.468 e. The van der Waals surface area contributed by atoms with Gasteiger partial charge < -0.3 is 14.8 Å². The summed E-state index contributed by atoms with van der Waals surface area (Å²) in [6, 6.07) is 0. The summed E-state index contributed by atoms with van der Waals surface area (Å²) in [6.45, 7) is -0.397. The summed E-state index contributed by atoms with van der Waals surface area (Å²) in [7, 11) is 2.59. The molecule has 0 heterocycles. The number of esters is 1. The number of ether oxygens (including phenoxy) is 2. The van der Waals surface area contributed by atoms with Gasteiger partial charge in [-0.2, -0.15) is 13.2 Å². The topological polar surface area (TPSA) is 47.6 Å². The second-order valence-corrected chi connectivity index (χ2v) is 3.18. The zero-order valence-electron chi connectivity index (χ0n) is 8.77. The molecular weight excluding hydrogens is 215 g/mol. The summed E-state index contributed by atoms with van der Waals surface area (Å²) in [5.41, 5.74) is -1.26. The van der Waals surface area contributed by atoms with Crippen molar-refractivity contribution in [2.24, 2.45) is 0 Å². The van der Waals surface area contributed by atoms with Gasteiger partial charge in [-0.25, -0.2) is 4.79 Å². The van der Waals surface area contributed by atoms with Gasteiger partial charge >= 0.3 is 12.1 Å². The normalized spacial score (nSPS) is 15.9. The molecule has 0 radical (unpaired) electrons. The number of likely N-dealkylation sites (N-methyl/N-ethyl adjacent to an activating group) is 1. The summed E-state index contributed by atoms with van der Waals surface area (Å²) in [5.74, 6) is -0.674. The molecular formula is C8H14F3NO3. The summed E-state index contributed by atoms with van der Waals surface area (Å²) in [4.78, 5) is 11.2. The van der Waals surface area contributed by atoms with Crippen molar-refractivity contribution in [3.8, 4) is 0 Å². The number of rotatable bonds is 5. The molecule has 0 aromatic heterocycles. The van der Waals surface area contributed by atoms with E-state index in [1.54, 1.807) is 0 Å². The van der Waals surface area contributed by atoms with Crippen LogP contribution in [0.2, 0.25) is 0 Å². The number of carbonyl (C=O) groups excluding carboxylic acids is 1. The number of halogens is 3. The van der Waals surface area contributed by atoms with Crippen molar-refractivity contribution in [1.82, 2.24) is 5.32 Å². The lowest BCUT2D eigenvalue weighted by molar-refractivity contribution is -0.182. The van der Waals surface area contributed by atoms with Crippen molar-refractivity contribution in [2.75, 3.05) is 27.4 Å². The SMILES string of the molecule is CNC(C)(COCC(F)(F)F)C(=O)OC. The molecule has 1 unspecified atom stereocenters. The third kappa shape index (κ3) is 4.98. The molecule has 0 aliphatic carbocycles. The molecule has 0 fully saturated rings. The van der Waals surface area contributed by atoms with Crippen LogP contribution in [-0.2, 0) is 14.3 Å². The highest BCUT2D eigenvalue weighted by molar-refractivity contribution is 5.80. The Morgan fingerprint density at radius 1 is 1.33 bits per heavy atom. The third-order valence-corrected chi connectivity index (χ3v) is 1.84. The fourth-order valence-corrected chi connectivity index (χ4v) is 0.829. The van der Waals surface area contributed by atoms with E-state index in [4.69, 9.17) is 0 Å². The fourth-order valence-electron chi connectivity index (χ4n) is 0.829. The zero-order valence-corrected chi connectivity index (χ0v) is 8.77. The van der Waals surface area contributed by atoms with Crippen molar-refractivity contribution in [3.05, 3.63) is 0 Å². The van der Waals surface area contributed by atoms with Gasteiger partial charge in [-0.1, -0.05) is 0 Å². The highest BCUT2D eigenvalue weighted by Gasteiger charge is 2.35. The maximum absolute atomic E-state index is 11.8. The molecule has 1 atom stereocenters. The van der Waals surface area contributed by atoms with Crippen LogP contribution in [0, 0.1) is 0 Å². The summed E-state index contributed by atoms with van der Waals surface area (Å²) in [6.07, 6.45) is -4.40.